The molecule has 1 aliphatic rings. The van der Waals surface area contributed by atoms with Gasteiger partial charge in [0.05, 0.1) is 6.54 Å². The molecule has 0 spiro atoms. The Hall–Kier alpha value is -1.62. The van der Waals surface area contributed by atoms with Crippen LogP contribution in [-0.4, -0.2) is 32.6 Å². The summed E-state index contributed by atoms with van der Waals surface area (Å²) in [7, 11) is 1.80. The maximum absolute atomic E-state index is 14.1. The Morgan fingerprint density at radius 2 is 2.26 bits per heavy atom. The van der Waals surface area contributed by atoms with Gasteiger partial charge in [0, 0.05) is 30.4 Å². The van der Waals surface area contributed by atoms with Crippen LogP contribution in [0.4, 0.5) is 10.1 Å². The van der Waals surface area contributed by atoms with E-state index in [9.17, 15) is 9.18 Å². The highest BCUT2D eigenvalue weighted by Crippen LogP contribution is 2.29. The first-order chi connectivity index (χ1) is 9.13. The number of anilines is 1. The van der Waals surface area contributed by atoms with Gasteiger partial charge in [-0.25, -0.2) is 4.39 Å². The lowest BCUT2D eigenvalue weighted by Gasteiger charge is -2.26. The standard InChI is InChI=1S/C14H20FN3O/c1-10(16-2)14-11(15)5-3-6-12(14)18-8-4-7-17-13(19)9-18/h3,5-6,10,16H,4,7-9H2,1-2H3,(H,17,19). The van der Waals surface area contributed by atoms with Crippen LogP contribution in [0.3, 0.4) is 0 Å². The lowest BCUT2D eigenvalue weighted by molar-refractivity contribution is -0.119. The van der Waals surface area contributed by atoms with Crippen LogP contribution in [0.2, 0.25) is 0 Å². The first-order valence-corrected chi connectivity index (χ1v) is 6.60. The molecule has 1 aliphatic heterocycles. The Bertz CT molecular complexity index is 464. The highest BCUT2D eigenvalue weighted by molar-refractivity contribution is 5.82. The summed E-state index contributed by atoms with van der Waals surface area (Å²) in [5, 5.41) is 5.89. The number of benzene rings is 1. The Morgan fingerprint density at radius 1 is 1.47 bits per heavy atom. The van der Waals surface area contributed by atoms with Crippen molar-refractivity contribution in [3.63, 3.8) is 0 Å². The van der Waals surface area contributed by atoms with Gasteiger partial charge >= 0.3 is 0 Å². The van der Waals surface area contributed by atoms with Gasteiger partial charge in [-0.1, -0.05) is 6.07 Å². The van der Waals surface area contributed by atoms with Crippen molar-refractivity contribution < 1.29 is 9.18 Å². The number of hydrogen-bond donors (Lipinski definition) is 2. The summed E-state index contributed by atoms with van der Waals surface area (Å²) in [4.78, 5) is 13.6. The minimum absolute atomic E-state index is 0.00942. The van der Waals surface area contributed by atoms with Crippen LogP contribution < -0.4 is 15.5 Å². The second kappa shape index (κ2) is 6.02. The van der Waals surface area contributed by atoms with Gasteiger partial charge in [-0.2, -0.15) is 0 Å². The van der Waals surface area contributed by atoms with Crippen LogP contribution in [0, 0.1) is 5.82 Å². The maximum atomic E-state index is 14.1. The summed E-state index contributed by atoms with van der Waals surface area (Å²) in [6, 6.07) is 4.94. The number of nitrogens with zero attached hydrogens (tertiary/aromatic N) is 1. The second-order valence-electron chi connectivity index (χ2n) is 4.81. The molecule has 1 heterocycles. The van der Waals surface area contributed by atoms with E-state index < -0.39 is 0 Å². The number of carbonyl (C=O) groups is 1. The topological polar surface area (TPSA) is 44.4 Å². The van der Waals surface area contributed by atoms with Crippen molar-refractivity contribution in [1.82, 2.24) is 10.6 Å². The molecule has 0 aromatic heterocycles. The van der Waals surface area contributed by atoms with E-state index in [1.165, 1.54) is 6.07 Å². The van der Waals surface area contributed by atoms with Gasteiger partial charge in [0.25, 0.3) is 0 Å². The van der Waals surface area contributed by atoms with Gasteiger partial charge in [0.15, 0.2) is 0 Å². The van der Waals surface area contributed by atoms with E-state index in [0.29, 0.717) is 12.1 Å². The highest BCUT2D eigenvalue weighted by Gasteiger charge is 2.21. The van der Waals surface area contributed by atoms with E-state index >= 15 is 0 Å². The van der Waals surface area contributed by atoms with Gasteiger partial charge in [-0.05, 0) is 32.5 Å². The lowest BCUT2D eigenvalue weighted by atomic mass is 10.0. The summed E-state index contributed by atoms with van der Waals surface area (Å²) in [5.41, 5.74) is 1.43. The fourth-order valence-corrected chi connectivity index (χ4v) is 2.39. The van der Waals surface area contributed by atoms with E-state index in [-0.39, 0.29) is 24.3 Å². The normalized spacial score (nSPS) is 17.8. The quantitative estimate of drug-likeness (QED) is 0.869. The van der Waals surface area contributed by atoms with Crippen molar-refractivity contribution in [3.05, 3.63) is 29.6 Å². The molecule has 0 radical (unpaired) electrons. The first kappa shape index (κ1) is 13.8. The van der Waals surface area contributed by atoms with Crippen LogP contribution in [-0.2, 0) is 4.79 Å². The predicted molar refractivity (Wildman–Crippen MR) is 73.7 cm³/mol. The number of hydrogen-bond acceptors (Lipinski definition) is 3. The van der Waals surface area contributed by atoms with Crippen molar-refractivity contribution >= 4 is 11.6 Å². The summed E-state index contributed by atoms with van der Waals surface area (Å²) in [5.74, 6) is -0.242. The average molecular weight is 265 g/mol. The fourth-order valence-electron chi connectivity index (χ4n) is 2.39. The van der Waals surface area contributed by atoms with Gasteiger partial charge < -0.3 is 15.5 Å². The molecular formula is C14H20FN3O. The molecule has 1 saturated heterocycles. The van der Waals surface area contributed by atoms with Crippen molar-refractivity contribution in [2.75, 3.05) is 31.6 Å². The van der Waals surface area contributed by atoms with Crippen molar-refractivity contribution in [2.45, 2.75) is 19.4 Å². The molecule has 2 rings (SSSR count). The van der Waals surface area contributed by atoms with Crippen LogP contribution in [0.15, 0.2) is 18.2 Å². The van der Waals surface area contributed by atoms with E-state index in [1.807, 2.05) is 17.9 Å². The third-order valence-corrected chi connectivity index (χ3v) is 3.50. The van der Waals surface area contributed by atoms with Crippen molar-refractivity contribution in [1.29, 1.82) is 0 Å². The Labute approximate surface area is 113 Å². The number of amides is 1. The highest BCUT2D eigenvalue weighted by atomic mass is 19.1. The van der Waals surface area contributed by atoms with Gasteiger partial charge in [-0.15, -0.1) is 0 Å². The zero-order chi connectivity index (χ0) is 13.8. The predicted octanol–water partition coefficient (Wildman–Crippen LogP) is 1.43. The van der Waals surface area contributed by atoms with E-state index in [4.69, 9.17) is 0 Å². The number of halogens is 1. The summed E-state index contributed by atoms with van der Waals surface area (Å²) in [6.45, 7) is 3.64. The van der Waals surface area contributed by atoms with Gasteiger partial charge in [-0.3, -0.25) is 4.79 Å². The number of nitrogens with one attached hydrogen (secondary N) is 2. The third-order valence-electron chi connectivity index (χ3n) is 3.50. The van der Waals surface area contributed by atoms with Crippen LogP contribution >= 0.6 is 0 Å². The molecular weight excluding hydrogens is 245 g/mol. The molecule has 1 fully saturated rings. The molecule has 19 heavy (non-hydrogen) atoms. The molecule has 5 heteroatoms. The minimum atomic E-state index is -0.232. The Balaban J connectivity index is 2.37. The first-order valence-electron chi connectivity index (χ1n) is 6.60. The second-order valence-corrected chi connectivity index (χ2v) is 4.81. The van der Waals surface area contributed by atoms with Crippen molar-refractivity contribution in [2.24, 2.45) is 0 Å². The number of rotatable bonds is 3. The van der Waals surface area contributed by atoms with E-state index in [1.54, 1.807) is 13.1 Å². The average Bonchev–Trinajstić information content (AvgIpc) is 2.62. The largest absolute Gasteiger partial charge is 0.362 e. The molecule has 1 atom stereocenters. The summed E-state index contributed by atoms with van der Waals surface area (Å²) < 4.78 is 14.1. The molecule has 1 aromatic rings. The fraction of sp³-hybridized carbons (Fsp3) is 0.500. The number of carbonyl (C=O) groups excluding carboxylic acids is 1. The summed E-state index contributed by atoms with van der Waals surface area (Å²) in [6.07, 6.45) is 0.871. The molecule has 104 valence electrons. The van der Waals surface area contributed by atoms with Gasteiger partial charge in [0.2, 0.25) is 5.91 Å². The summed E-state index contributed by atoms with van der Waals surface area (Å²) >= 11 is 0. The van der Waals surface area contributed by atoms with E-state index in [0.717, 1.165) is 18.7 Å². The van der Waals surface area contributed by atoms with Crippen molar-refractivity contribution in [3.8, 4) is 0 Å². The zero-order valence-corrected chi connectivity index (χ0v) is 11.4. The third kappa shape index (κ3) is 3.04. The zero-order valence-electron chi connectivity index (χ0n) is 11.4. The van der Waals surface area contributed by atoms with Crippen LogP contribution in [0.1, 0.15) is 24.9 Å². The molecule has 1 unspecified atom stereocenters. The smallest absolute Gasteiger partial charge is 0.239 e. The molecule has 0 aliphatic carbocycles. The Kier molecular flexibility index (Phi) is 4.37. The van der Waals surface area contributed by atoms with Crippen LogP contribution in [0.5, 0.6) is 0 Å². The molecule has 1 aromatic carbocycles. The Morgan fingerprint density at radius 3 is 3.00 bits per heavy atom. The van der Waals surface area contributed by atoms with E-state index in [2.05, 4.69) is 10.6 Å². The maximum Gasteiger partial charge on any atom is 0.239 e. The molecule has 4 nitrogen and oxygen atoms in total. The monoisotopic (exact) mass is 265 g/mol. The molecule has 0 saturated carbocycles. The van der Waals surface area contributed by atoms with Crippen LogP contribution in [0.25, 0.3) is 0 Å². The molecule has 2 N–H and O–H groups in total. The van der Waals surface area contributed by atoms with Gasteiger partial charge in [0.1, 0.15) is 5.82 Å². The minimum Gasteiger partial charge on any atom is -0.362 e. The SMILES string of the molecule is CNC(C)c1c(F)cccc1N1CCCNC(=O)C1. The molecule has 0 bridgehead atoms. The molecule has 1 amide bonds. The lowest BCUT2D eigenvalue weighted by Crippen LogP contribution is -2.34.